The Morgan fingerprint density at radius 3 is 3.07 bits per heavy atom. The molecule has 4 N–H and O–H groups in total. The number of hydrogen-bond donors (Lipinski definition) is 3. The van der Waals surface area contributed by atoms with Gasteiger partial charge in [-0.05, 0) is 12.5 Å². The van der Waals surface area contributed by atoms with E-state index in [9.17, 15) is 4.79 Å². The molecule has 1 atom stereocenters. The molecule has 0 spiro atoms. The fourth-order valence-electron chi connectivity index (χ4n) is 1.17. The van der Waals surface area contributed by atoms with Crippen LogP contribution in [0.15, 0.2) is 12.4 Å². The minimum atomic E-state index is -0.0442. The molecular weight excluding hydrogens is 180 g/mol. The number of imidazole rings is 1. The van der Waals surface area contributed by atoms with Crippen LogP contribution in [0.2, 0.25) is 0 Å². The number of anilines is 1. The molecule has 14 heavy (non-hydrogen) atoms. The SMILES string of the molecule is CCC(CN)CC(=O)Nc1ncc[nH]1. The zero-order valence-corrected chi connectivity index (χ0v) is 8.29. The molecule has 5 nitrogen and oxygen atoms in total. The molecule has 0 fully saturated rings. The van der Waals surface area contributed by atoms with Crippen molar-refractivity contribution < 1.29 is 4.79 Å². The van der Waals surface area contributed by atoms with E-state index in [1.54, 1.807) is 12.4 Å². The molecule has 0 aromatic carbocycles. The molecule has 0 aliphatic rings. The number of nitrogens with two attached hydrogens (primary N) is 1. The maximum atomic E-state index is 11.4. The summed E-state index contributed by atoms with van der Waals surface area (Å²) in [7, 11) is 0. The van der Waals surface area contributed by atoms with Gasteiger partial charge < -0.3 is 10.7 Å². The maximum absolute atomic E-state index is 11.4. The molecule has 1 rings (SSSR count). The van der Waals surface area contributed by atoms with Crippen molar-refractivity contribution in [3.63, 3.8) is 0 Å². The number of H-pyrrole nitrogens is 1. The Morgan fingerprint density at radius 1 is 1.79 bits per heavy atom. The third-order valence-electron chi connectivity index (χ3n) is 2.14. The molecule has 0 saturated heterocycles. The van der Waals surface area contributed by atoms with E-state index in [4.69, 9.17) is 5.73 Å². The van der Waals surface area contributed by atoms with Crippen molar-refractivity contribution in [3.8, 4) is 0 Å². The summed E-state index contributed by atoms with van der Waals surface area (Å²) in [6.45, 7) is 2.57. The number of carbonyl (C=O) groups is 1. The second-order valence-electron chi connectivity index (χ2n) is 3.20. The van der Waals surface area contributed by atoms with Gasteiger partial charge in [-0.2, -0.15) is 0 Å². The van der Waals surface area contributed by atoms with E-state index in [1.165, 1.54) is 0 Å². The second-order valence-corrected chi connectivity index (χ2v) is 3.20. The maximum Gasteiger partial charge on any atom is 0.227 e. The minimum Gasteiger partial charge on any atom is -0.331 e. The van der Waals surface area contributed by atoms with E-state index >= 15 is 0 Å². The molecule has 5 heteroatoms. The van der Waals surface area contributed by atoms with Crippen molar-refractivity contribution in [2.45, 2.75) is 19.8 Å². The summed E-state index contributed by atoms with van der Waals surface area (Å²) < 4.78 is 0. The van der Waals surface area contributed by atoms with Crippen molar-refractivity contribution in [2.24, 2.45) is 11.7 Å². The van der Waals surface area contributed by atoms with Gasteiger partial charge in [0.25, 0.3) is 0 Å². The summed E-state index contributed by atoms with van der Waals surface area (Å²) >= 11 is 0. The minimum absolute atomic E-state index is 0.0442. The molecule has 1 amide bonds. The molecule has 1 aromatic rings. The molecule has 0 aliphatic carbocycles. The summed E-state index contributed by atoms with van der Waals surface area (Å²) in [4.78, 5) is 18.1. The van der Waals surface area contributed by atoms with Gasteiger partial charge in [-0.25, -0.2) is 4.98 Å². The summed E-state index contributed by atoms with van der Waals surface area (Å²) in [5, 5.41) is 2.66. The number of aromatic amines is 1. The van der Waals surface area contributed by atoms with E-state index in [2.05, 4.69) is 15.3 Å². The number of nitrogens with one attached hydrogen (secondary N) is 2. The quantitative estimate of drug-likeness (QED) is 0.649. The lowest BCUT2D eigenvalue weighted by Crippen LogP contribution is -2.22. The molecule has 78 valence electrons. The van der Waals surface area contributed by atoms with Gasteiger partial charge in [-0.15, -0.1) is 0 Å². The van der Waals surface area contributed by atoms with Crippen molar-refractivity contribution >= 4 is 11.9 Å². The summed E-state index contributed by atoms with van der Waals surface area (Å²) in [6, 6.07) is 0. The molecular formula is C9H16N4O. The van der Waals surface area contributed by atoms with Gasteiger partial charge in [0.05, 0.1) is 0 Å². The summed E-state index contributed by atoms with van der Waals surface area (Å²) in [6.07, 6.45) is 4.63. The highest BCUT2D eigenvalue weighted by atomic mass is 16.1. The smallest absolute Gasteiger partial charge is 0.227 e. The van der Waals surface area contributed by atoms with Gasteiger partial charge in [-0.3, -0.25) is 10.1 Å². The molecule has 0 saturated carbocycles. The van der Waals surface area contributed by atoms with Gasteiger partial charge in [0.15, 0.2) is 0 Å². The highest BCUT2D eigenvalue weighted by Gasteiger charge is 2.10. The van der Waals surface area contributed by atoms with Crippen LogP contribution in [0.4, 0.5) is 5.95 Å². The molecule has 1 heterocycles. The van der Waals surface area contributed by atoms with E-state index in [1.807, 2.05) is 6.92 Å². The number of aromatic nitrogens is 2. The van der Waals surface area contributed by atoms with Gasteiger partial charge in [0.1, 0.15) is 0 Å². The molecule has 1 aromatic heterocycles. The monoisotopic (exact) mass is 196 g/mol. The normalized spacial score (nSPS) is 12.4. The highest BCUT2D eigenvalue weighted by molar-refractivity contribution is 5.89. The predicted molar refractivity (Wildman–Crippen MR) is 54.7 cm³/mol. The zero-order chi connectivity index (χ0) is 10.4. The van der Waals surface area contributed by atoms with Crippen molar-refractivity contribution in [2.75, 3.05) is 11.9 Å². The van der Waals surface area contributed by atoms with Crippen LogP contribution < -0.4 is 11.1 Å². The summed E-state index contributed by atoms with van der Waals surface area (Å²) in [5.74, 6) is 0.698. The Labute approximate surface area is 83.1 Å². The standard InChI is InChI=1S/C9H16N4O/c1-2-7(6-10)5-8(14)13-9-11-3-4-12-9/h3-4,7H,2,5-6,10H2,1H3,(H2,11,12,13,14). The van der Waals surface area contributed by atoms with Crippen LogP contribution in [0, 0.1) is 5.92 Å². The Kier molecular flexibility index (Phi) is 4.12. The largest absolute Gasteiger partial charge is 0.331 e. The van der Waals surface area contributed by atoms with Crippen molar-refractivity contribution in [1.29, 1.82) is 0 Å². The van der Waals surface area contributed by atoms with Crippen LogP contribution in [0.3, 0.4) is 0 Å². The first-order valence-electron chi connectivity index (χ1n) is 4.75. The Balaban J connectivity index is 2.35. The van der Waals surface area contributed by atoms with Crippen molar-refractivity contribution in [3.05, 3.63) is 12.4 Å². The molecule has 0 radical (unpaired) electrons. The van der Waals surface area contributed by atoms with E-state index < -0.39 is 0 Å². The highest BCUT2D eigenvalue weighted by Crippen LogP contribution is 2.07. The van der Waals surface area contributed by atoms with Crippen molar-refractivity contribution in [1.82, 2.24) is 9.97 Å². The fourth-order valence-corrected chi connectivity index (χ4v) is 1.17. The van der Waals surface area contributed by atoms with Gasteiger partial charge in [0, 0.05) is 18.8 Å². The first kappa shape index (κ1) is 10.7. The average Bonchev–Trinajstić information content (AvgIpc) is 2.66. The number of rotatable bonds is 5. The number of amides is 1. The topological polar surface area (TPSA) is 83.8 Å². The van der Waals surface area contributed by atoms with E-state index in [0.717, 1.165) is 6.42 Å². The lowest BCUT2D eigenvalue weighted by molar-refractivity contribution is -0.117. The van der Waals surface area contributed by atoms with Crippen LogP contribution >= 0.6 is 0 Å². The lowest BCUT2D eigenvalue weighted by atomic mass is 10.0. The predicted octanol–water partition coefficient (Wildman–Crippen LogP) is 0.723. The number of carbonyl (C=O) groups excluding carboxylic acids is 1. The van der Waals surface area contributed by atoms with E-state index in [0.29, 0.717) is 18.9 Å². The van der Waals surface area contributed by atoms with Crippen LogP contribution in [-0.4, -0.2) is 22.4 Å². The number of hydrogen-bond acceptors (Lipinski definition) is 3. The summed E-state index contributed by atoms with van der Waals surface area (Å²) in [5.41, 5.74) is 5.50. The first-order chi connectivity index (χ1) is 6.76. The second kappa shape index (κ2) is 5.39. The van der Waals surface area contributed by atoms with Crippen LogP contribution in [0.1, 0.15) is 19.8 Å². The Hall–Kier alpha value is -1.36. The average molecular weight is 196 g/mol. The lowest BCUT2D eigenvalue weighted by Gasteiger charge is -2.10. The third-order valence-corrected chi connectivity index (χ3v) is 2.14. The van der Waals surface area contributed by atoms with Crippen LogP contribution in [-0.2, 0) is 4.79 Å². The van der Waals surface area contributed by atoms with Gasteiger partial charge >= 0.3 is 0 Å². The zero-order valence-electron chi connectivity index (χ0n) is 8.29. The Bertz CT molecular complexity index is 266. The fraction of sp³-hybridized carbons (Fsp3) is 0.556. The molecule has 0 bridgehead atoms. The molecule has 1 unspecified atom stereocenters. The first-order valence-corrected chi connectivity index (χ1v) is 4.75. The molecule has 0 aliphatic heterocycles. The van der Waals surface area contributed by atoms with E-state index in [-0.39, 0.29) is 11.8 Å². The third kappa shape index (κ3) is 3.18. The van der Waals surface area contributed by atoms with Gasteiger partial charge in [0.2, 0.25) is 11.9 Å². The Morgan fingerprint density at radius 2 is 2.57 bits per heavy atom. The number of nitrogens with zero attached hydrogens (tertiary/aromatic N) is 1. The van der Waals surface area contributed by atoms with Crippen LogP contribution in [0.25, 0.3) is 0 Å². The van der Waals surface area contributed by atoms with Gasteiger partial charge in [-0.1, -0.05) is 13.3 Å². The van der Waals surface area contributed by atoms with Crippen LogP contribution in [0.5, 0.6) is 0 Å².